The summed E-state index contributed by atoms with van der Waals surface area (Å²) in [6.07, 6.45) is 6.50. The molecular formula is C14H28N2O. The normalized spacial score (nSPS) is 32.8. The summed E-state index contributed by atoms with van der Waals surface area (Å²) >= 11 is 0. The van der Waals surface area contributed by atoms with Gasteiger partial charge in [0.15, 0.2) is 0 Å². The summed E-state index contributed by atoms with van der Waals surface area (Å²) in [4.78, 5) is 2.67. The summed E-state index contributed by atoms with van der Waals surface area (Å²) in [6, 6.07) is 0.636. The van der Waals surface area contributed by atoms with E-state index < -0.39 is 0 Å². The van der Waals surface area contributed by atoms with Gasteiger partial charge < -0.3 is 10.5 Å². The predicted octanol–water partition coefficient (Wildman–Crippen LogP) is 1.86. The van der Waals surface area contributed by atoms with Crippen molar-refractivity contribution in [3.05, 3.63) is 0 Å². The summed E-state index contributed by atoms with van der Waals surface area (Å²) in [7, 11) is 0. The molecule has 0 bridgehead atoms. The molecule has 0 amide bonds. The summed E-state index contributed by atoms with van der Waals surface area (Å²) in [5.41, 5.74) is 6.00. The van der Waals surface area contributed by atoms with Crippen molar-refractivity contribution in [2.75, 3.05) is 32.8 Å². The van der Waals surface area contributed by atoms with Crippen LogP contribution in [0.2, 0.25) is 0 Å². The van der Waals surface area contributed by atoms with Gasteiger partial charge in [-0.05, 0) is 44.1 Å². The highest BCUT2D eigenvalue weighted by molar-refractivity contribution is 4.85. The van der Waals surface area contributed by atoms with Crippen molar-refractivity contribution in [3.63, 3.8) is 0 Å². The third-order valence-electron chi connectivity index (χ3n) is 4.63. The van der Waals surface area contributed by atoms with Gasteiger partial charge in [0.25, 0.3) is 0 Å². The van der Waals surface area contributed by atoms with Gasteiger partial charge in [-0.15, -0.1) is 0 Å². The molecule has 0 aromatic heterocycles. The van der Waals surface area contributed by atoms with Gasteiger partial charge in [-0.3, -0.25) is 4.90 Å². The van der Waals surface area contributed by atoms with E-state index in [1.165, 1.54) is 45.2 Å². The highest BCUT2D eigenvalue weighted by atomic mass is 16.5. The van der Waals surface area contributed by atoms with Crippen molar-refractivity contribution < 1.29 is 4.74 Å². The van der Waals surface area contributed by atoms with Crippen molar-refractivity contribution in [3.8, 4) is 0 Å². The zero-order valence-electron chi connectivity index (χ0n) is 11.2. The van der Waals surface area contributed by atoms with Crippen molar-refractivity contribution >= 4 is 0 Å². The van der Waals surface area contributed by atoms with E-state index in [2.05, 4.69) is 11.8 Å². The topological polar surface area (TPSA) is 38.5 Å². The fraction of sp³-hybridized carbons (Fsp3) is 1.00. The third-order valence-corrected chi connectivity index (χ3v) is 4.63. The molecule has 3 nitrogen and oxygen atoms in total. The Balaban J connectivity index is 1.88. The lowest BCUT2D eigenvalue weighted by Crippen LogP contribution is -2.51. The highest BCUT2D eigenvalue weighted by Crippen LogP contribution is 2.28. The molecule has 0 saturated carbocycles. The number of nitrogens with two attached hydrogens (primary N) is 1. The van der Waals surface area contributed by atoms with Crippen LogP contribution < -0.4 is 5.73 Å². The molecule has 2 heterocycles. The van der Waals surface area contributed by atoms with Crippen molar-refractivity contribution in [1.29, 1.82) is 0 Å². The van der Waals surface area contributed by atoms with E-state index in [0.29, 0.717) is 6.04 Å². The van der Waals surface area contributed by atoms with Gasteiger partial charge in [-0.1, -0.05) is 13.3 Å². The van der Waals surface area contributed by atoms with Crippen LogP contribution in [0.5, 0.6) is 0 Å². The molecular weight excluding hydrogens is 212 g/mol. The predicted molar refractivity (Wildman–Crippen MR) is 71.0 cm³/mol. The first-order valence-electron chi connectivity index (χ1n) is 7.37. The molecule has 2 fully saturated rings. The maximum atomic E-state index is 6.00. The summed E-state index contributed by atoms with van der Waals surface area (Å²) in [6.45, 7) is 7.58. The second-order valence-electron chi connectivity index (χ2n) is 5.66. The van der Waals surface area contributed by atoms with E-state index in [1.54, 1.807) is 0 Å². The molecule has 2 saturated heterocycles. The number of nitrogens with zero attached hydrogens (tertiary/aromatic N) is 1. The molecule has 2 rings (SSSR count). The second-order valence-corrected chi connectivity index (χ2v) is 5.66. The first-order valence-corrected chi connectivity index (χ1v) is 7.37. The molecule has 3 heteroatoms. The van der Waals surface area contributed by atoms with Crippen LogP contribution >= 0.6 is 0 Å². The van der Waals surface area contributed by atoms with Crippen LogP contribution in [0, 0.1) is 11.8 Å². The van der Waals surface area contributed by atoms with E-state index in [4.69, 9.17) is 10.5 Å². The number of likely N-dealkylation sites (tertiary alicyclic amines) is 1. The molecule has 0 radical (unpaired) electrons. The number of rotatable bonds is 4. The maximum absolute atomic E-state index is 6.00. The average Bonchev–Trinajstić information content (AvgIpc) is 2.39. The Hall–Kier alpha value is -0.120. The summed E-state index contributed by atoms with van der Waals surface area (Å²) in [5, 5.41) is 0. The van der Waals surface area contributed by atoms with Crippen LogP contribution in [0.25, 0.3) is 0 Å². The smallest absolute Gasteiger partial charge is 0.0469 e. The number of ether oxygens (including phenoxy) is 1. The van der Waals surface area contributed by atoms with Crippen molar-refractivity contribution in [2.45, 2.75) is 45.1 Å². The molecule has 0 aromatic carbocycles. The lowest BCUT2D eigenvalue weighted by Gasteiger charge is -2.42. The Morgan fingerprint density at radius 2 is 2.00 bits per heavy atom. The minimum Gasteiger partial charge on any atom is -0.381 e. The summed E-state index contributed by atoms with van der Waals surface area (Å²) < 4.78 is 5.44. The number of hydrogen-bond acceptors (Lipinski definition) is 3. The molecule has 17 heavy (non-hydrogen) atoms. The van der Waals surface area contributed by atoms with Gasteiger partial charge in [-0.2, -0.15) is 0 Å². The molecule has 2 N–H and O–H groups in total. The van der Waals surface area contributed by atoms with Gasteiger partial charge in [-0.25, -0.2) is 0 Å². The minimum absolute atomic E-state index is 0.636. The average molecular weight is 240 g/mol. The zero-order valence-corrected chi connectivity index (χ0v) is 11.2. The number of hydrogen-bond donors (Lipinski definition) is 1. The lowest BCUT2D eigenvalue weighted by atomic mass is 9.86. The largest absolute Gasteiger partial charge is 0.381 e. The van der Waals surface area contributed by atoms with Crippen LogP contribution in [0.15, 0.2) is 0 Å². The van der Waals surface area contributed by atoms with Gasteiger partial charge in [0, 0.05) is 32.3 Å². The minimum atomic E-state index is 0.636. The first-order chi connectivity index (χ1) is 8.35. The lowest BCUT2D eigenvalue weighted by molar-refractivity contribution is 0.0268. The third kappa shape index (κ3) is 3.43. The Bertz CT molecular complexity index is 216. The van der Waals surface area contributed by atoms with Crippen LogP contribution in [0.1, 0.15) is 39.0 Å². The van der Waals surface area contributed by atoms with E-state index in [-0.39, 0.29) is 0 Å². The molecule has 0 aliphatic carbocycles. The van der Waals surface area contributed by atoms with Crippen LogP contribution in [0.4, 0.5) is 0 Å². The van der Waals surface area contributed by atoms with Crippen molar-refractivity contribution in [1.82, 2.24) is 4.90 Å². The van der Waals surface area contributed by atoms with Crippen molar-refractivity contribution in [2.24, 2.45) is 17.6 Å². The van der Waals surface area contributed by atoms with E-state index >= 15 is 0 Å². The molecule has 2 unspecified atom stereocenters. The van der Waals surface area contributed by atoms with Gasteiger partial charge >= 0.3 is 0 Å². The second kappa shape index (κ2) is 6.72. The van der Waals surface area contributed by atoms with E-state index in [9.17, 15) is 0 Å². The zero-order chi connectivity index (χ0) is 12.1. The SMILES string of the molecule is CCC1CCCN(CC2CCOCC2)C1CN. The molecule has 2 aliphatic rings. The molecule has 0 spiro atoms. The molecule has 2 aliphatic heterocycles. The quantitative estimate of drug-likeness (QED) is 0.815. The fourth-order valence-corrected chi connectivity index (χ4v) is 3.52. The molecule has 2 atom stereocenters. The maximum Gasteiger partial charge on any atom is 0.0469 e. The van der Waals surface area contributed by atoms with Gasteiger partial charge in [0.1, 0.15) is 0 Å². The summed E-state index contributed by atoms with van der Waals surface area (Å²) in [5.74, 6) is 1.67. The Morgan fingerprint density at radius 1 is 1.24 bits per heavy atom. The Morgan fingerprint density at radius 3 is 2.65 bits per heavy atom. The molecule has 100 valence electrons. The monoisotopic (exact) mass is 240 g/mol. The van der Waals surface area contributed by atoms with Crippen LogP contribution in [0.3, 0.4) is 0 Å². The Kier molecular flexibility index (Phi) is 5.26. The number of piperidine rings is 1. The van der Waals surface area contributed by atoms with Crippen LogP contribution in [-0.4, -0.2) is 43.8 Å². The van der Waals surface area contributed by atoms with Gasteiger partial charge in [0.2, 0.25) is 0 Å². The highest BCUT2D eigenvalue weighted by Gasteiger charge is 2.30. The fourth-order valence-electron chi connectivity index (χ4n) is 3.52. The first kappa shape index (κ1) is 13.3. The molecule has 0 aromatic rings. The Labute approximate surface area is 106 Å². The standard InChI is InChI=1S/C14H28N2O/c1-2-13-4-3-7-16(14(13)10-15)11-12-5-8-17-9-6-12/h12-14H,2-11,15H2,1H3. The van der Waals surface area contributed by atoms with Gasteiger partial charge in [0.05, 0.1) is 0 Å². The van der Waals surface area contributed by atoms with E-state index in [1.807, 2.05) is 0 Å². The van der Waals surface area contributed by atoms with Crippen LogP contribution in [-0.2, 0) is 4.74 Å². The van der Waals surface area contributed by atoms with E-state index in [0.717, 1.165) is 31.6 Å².